The molecule has 1 radical (unpaired) electrons. The van der Waals surface area contributed by atoms with Gasteiger partial charge in [-0.15, -0.1) is 17.5 Å². The van der Waals surface area contributed by atoms with Crippen molar-refractivity contribution in [2.24, 2.45) is 0 Å². The molecule has 2 fully saturated rings. The fourth-order valence-corrected chi connectivity index (χ4v) is 3.61. The number of carbonyl (C=O) groups excluding carboxylic acids is 2. The van der Waals surface area contributed by atoms with Gasteiger partial charge < -0.3 is 19.7 Å². The minimum Gasteiger partial charge on any atom is -0.654 e. The number of anilines is 2. The van der Waals surface area contributed by atoms with Crippen molar-refractivity contribution in [3.8, 4) is 0 Å². The molecule has 175 valence electrons. The molecule has 0 spiro atoms. The second-order valence-corrected chi connectivity index (χ2v) is 9.61. The van der Waals surface area contributed by atoms with Crippen molar-refractivity contribution in [1.29, 1.82) is 0 Å². The largest absolute Gasteiger partial charge is 2.00 e. The number of hydrogen-bond donors (Lipinski definition) is 0. The number of ether oxygens (including phenoxy) is 2. The zero-order valence-electron chi connectivity index (χ0n) is 18.2. The van der Waals surface area contributed by atoms with E-state index >= 15 is 0 Å². The molecule has 32 heavy (non-hydrogen) atoms. The summed E-state index contributed by atoms with van der Waals surface area (Å²) in [4.78, 5) is 27.3. The number of rotatable bonds is 4. The minimum absolute atomic E-state index is 0. The van der Waals surface area contributed by atoms with Crippen molar-refractivity contribution in [1.82, 2.24) is 0 Å². The quantitative estimate of drug-likeness (QED) is 0.543. The number of benzene rings is 1. The van der Waals surface area contributed by atoms with Gasteiger partial charge in [0.1, 0.15) is 12.7 Å². The SMILES string of the molecule is CC(C)(C)[N-]C[C@H]1CN(c2ccc(N3CCOCC3=O)cc2)C(=O)O1.Clc1cc[c-]s1.[Co+2]. The smallest absolute Gasteiger partial charge is 0.654 e. The van der Waals surface area contributed by atoms with E-state index in [4.69, 9.17) is 21.1 Å². The van der Waals surface area contributed by atoms with Crippen molar-refractivity contribution in [2.45, 2.75) is 32.4 Å². The first-order chi connectivity index (χ1) is 14.7. The maximum absolute atomic E-state index is 12.1. The van der Waals surface area contributed by atoms with Crippen LogP contribution in [0.15, 0.2) is 36.4 Å². The molecule has 1 atom stereocenters. The van der Waals surface area contributed by atoms with Gasteiger partial charge >= 0.3 is 22.9 Å². The van der Waals surface area contributed by atoms with E-state index in [0.717, 1.165) is 15.7 Å². The molecule has 1 aromatic carbocycles. The third-order valence-corrected chi connectivity index (χ3v) is 5.48. The van der Waals surface area contributed by atoms with E-state index in [0.29, 0.717) is 26.2 Å². The molecule has 2 aliphatic rings. The van der Waals surface area contributed by atoms with Gasteiger partial charge in [-0.3, -0.25) is 21.0 Å². The van der Waals surface area contributed by atoms with Gasteiger partial charge in [-0.1, -0.05) is 25.1 Å². The van der Waals surface area contributed by atoms with Gasteiger partial charge in [0.25, 0.3) is 5.91 Å². The van der Waals surface area contributed by atoms with Crippen LogP contribution in [0.1, 0.15) is 20.8 Å². The molecule has 2 amide bonds. The maximum Gasteiger partial charge on any atom is 2.00 e. The summed E-state index contributed by atoms with van der Waals surface area (Å²) in [5, 5.41) is 7.36. The molecule has 10 heteroatoms. The van der Waals surface area contributed by atoms with Crippen LogP contribution >= 0.6 is 22.9 Å². The summed E-state index contributed by atoms with van der Waals surface area (Å²) in [6, 6.07) is 11.0. The molecule has 0 saturated carbocycles. The van der Waals surface area contributed by atoms with Crippen LogP contribution in [0.4, 0.5) is 16.2 Å². The van der Waals surface area contributed by atoms with Gasteiger partial charge in [-0.25, -0.2) is 4.79 Å². The van der Waals surface area contributed by atoms with Crippen molar-refractivity contribution < 1.29 is 35.8 Å². The van der Waals surface area contributed by atoms with E-state index in [1.165, 1.54) is 11.3 Å². The van der Waals surface area contributed by atoms with Gasteiger partial charge in [0.15, 0.2) is 0 Å². The summed E-state index contributed by atoms with van der Waals surface area (Å²) < 4.78 is 11.3. The van der Waals surface area contributed by atoms with Crippen LogP contribution < -0.4 is 9.80 Å². The summed E-state index contributed by atoms with van der Waals surface area (Å²) in [5.41, 5.74) is 1.42. The van der Waals surface area contributed by atoms with Crippen LogP contribution in [-0.2, 0) is 31.0 Å². The second kappa shape index (κ2) is 12.0. The van der Waals surface area contributed by atoms with E-state index < -0.39 is 0 Å². The van der Waals surface area contributed by atoms with Gasteiger partial charge in [0, 0.05) is 17.9 Å². The molecule has 3 heterocycles. The van der Waals surface area contributed by atoms with Gasteiger partial charge in [-0.05, 0) is 24.3 Å². The summed E-state index contributed by atoms with van der Waals surface area (Å²) in [6.45, 7) is 8.22. The summed E-state index contributed by atoms with van der Waals surface area (Å²) in [7, 11) is 0. The maximum atomic E-state index is 12.1. The molecule has 0 unspecified atom stereocenters. The van der Waals surface area contributed by atoms with Crippen molar-refractivity contribution in [3.63, 3.8) is 0 Å². The van der Waals surface area contributed by atoms with Crippen LogP contribution in [0.5, 0.6) is 0 Å². The number of hydrogen-bond acceptors (Lipinski definition) is 5. The number of thiophene rings is 1. The van der Waals surface area contributed by atoms with Gasteiger partial charge in [0.05, 0.1) is 13.2 Å². The molecule has 0 aliphatic carbocycles. The summed E-state index contributed by atoms with van der Waals surface area (Å²) in [5.74, 6) is -0.0524. The Morgan fingerprint density at radius 3 is 2.31 bits per heavy atom. The molecule has 2 aromatic rings. The Bertz CT molecular complexity index is 874. The Balaban J connectivity index is 0.000000450. The normalized spacial score (nSPS) is 18.6. The molecule has 7 nitrogen and oxygen atoms in total. The summed E-state index contributed by atoms with van der Waals surface area (Å²) in [6.07, 6.45) is -0.587. The fourth-order valence-electron chi connectivity index (χ4n) is 3.03. The average Bonchev–Trinajstić information content (AvgIpc) is 3.35. The number of nitrogens with zero attached hydrogens (tertiary/aromatic N) is 3. The number of halogens is 1. The molecule has 2 aliphatic heterocycles. The Morgan fingerprint density at radius 2 is 1.81 bits per heavy atom. The zero-order valence-corrected chi connectivity index (χ0v) is 20.8. The molecule has 0 N–H and O–H groups in total. The number of carbonyl (C=O) groups is 2. The van der Waals surface area contributed by atoms with Crippen LogP contribution in [0.2, 0.25) is 4.34 Å². The first-order valence-electron chi connectivity index (χ1n) is 9.99. The van der Waals surface area contributed by atoms with Crippen molar-refractivity contribution in [3.05, 3.63) is 51.4 Å². The molecule has 4 rings (SSSR count). The average molecular weight is 523 g/mol. The van der Waals surface area contributed by atoms with Crippen LogP contribution in [0, 0.1) is 5.38 Å². The van der Waals surface area contributed by atoms with Crippen LogP contribution in [0.25, 0.3) is 5.32 Å². The van der Waals surface area contributed by atoms with Gasteiger partial charge in [0.2, 0.25) is 0 Å². The van der Waals surface area contributed by atoms with E-state index in [-0.39, 0.29) is 47.0 Å². The Kier molecular flexibility index (Phi) is 10.00. The predicted molar refractivity (Wildman–Crippen MR) is 123 cm³/mol. The Hall–Kier alpha value is -1.62. The second-order valence-electron chi connectivity index (χ2n) is 8.10. The van der Waals surface area contributed by atoms with E-state index in [2.05, 4.69) is 10.7 Å². The topological polar surface area (TPSA) is 73.2 Å². The number of morpholine rings is 1. The zero-order chi connectivity index (χ0) is 22.4. The first-order valence-corrected chi connectivity index (χ1v) is 11.2. The van der Waals surface area contributed by atoms with Crippen LogP contribution in [0.3, 0.4) is 0 Å². The van der Waals surface area contributed by atoms with Crippen molar-refractivity contribution >= 4 is 46.3 Å². The molecular weight excluding hydrogens is 497 g/mol. The Morgan fingerprint density at radius 1 is 1.16 bits per heavy atom. The minimum atomic E-state index is -0.357. The predicted octanol–water partition coefficient (Wildman–Crippen LogP) is 4.75. The van der Waals surface area contributed by atoms with Crippen molar-refractivity contribution in [2.75, 3.05) is 42.6 Å². The van der Waals surface area contributed by atoms with E-state index in [1.54, 1.807) is 15.9 Å². The number of amides is 2. The first kappa shape index (κ1) is 26.6. The van der Waals surface area contributed by atoms with E-state index in [9.17, 15) is 9.59 Å². The standard InChI is InChI=1S/C18H24N3O4.C4H2ClS.Co/c1-18(2,3)19-10-15-11-21(17(23)25-15)14-6-4-13(5-7-14)20-8-9-24-12-16(20)22;5-4-2-1-3-6-4;/h4-7,15H,8-12H2,1-3H3;1-2H;/q2*-1;+2/t15-;;/m0../s1. The third kappa shape index (κ3) is 7.75. The number of cyclic esters (lactones) is 1. The summed E-state index contributed by atoms with van der Waals surface area (Å²) >= 11 is 6.86. The van der Waals surface area contributed by atoms with Gasteiger partial charge in [-0.2, -0.15) is 23.7 Å². The fraction of sp³-hybridized carbons (Fsp3) is 0.455. The molecule has 1 aromatic heterocycles. The molecular formula is C22H26ClCoN3O4S. The third-order valence-electron chi connectivity index (χ3n) is 4.54. The monoisotopic (exact) mass is 522 g/mol. The Labute approximate surface area is 208 Å². The molecule has 2 saturated heterocycles. The van der Waals surface area contributed by atoms with E-state index in [1.807, 2.05) is 51.1 Å². The molecule has 0 bridgehead atoms. The van der Waals surface area contributed by atoms with Crippen LogP contribution in [-0.4, -0.2) is 56.5 Å².